The highest BCUT2D eigenvalue weighted by molar-refractivity contribution is 5.82. The highest BCUT2D eigenvalue weighted by Crippen LogP contribution is 2.28. The third-order valence-electron chi connectivity index (χ3n) is 5.80. The summed E-state index contributed by atoms with van der Waals surface area (Å²) >= 11 is 0. The monoisotopic (exact) mass is 460 g/mol. The van der Waals surface area contributed by atoms with Crippen LogP contribution in [0.3, 0.4) is 0 Å². The first-order valence-corrected chi connectivity index (χ1v) is 11.2. The number of allylic oxidation sites excluding steroid dienone is 6. The molecule has 0 saturated carbocycles. The molecule has 1 aliphatic carbocycles. The predicted octanol–water partition coefficient (Wildman–Crippen LogP) is 5.44. The van der Waals surface area contributed by atoms with Gasteiger partial charge in [0.25, 0.3) is 6.43 Å². The van der Waals surface area contributed by atoms with Gasteiger partial charge in [-0.25, -0.2) is 13.2 Å². The van der Waals surface area contributed by atoms with E-state index in [0.717, 1.165) is 12.1 Å². The number of halogens is 3. The van der Waals surface area contributed by atoms with Gasteiger partial charge < -0.3 is 14.5 Å². The molecule has 1 fully saturated rings. The number of benzene rings is 1. The normalized spacial score (nSPS) is 16.1. The van der Waals surface area contributed by atoms with Crippen LogP contribution in [-0.4, -0.2) is 41.8 Å². The molecular weight excluding hydrogens is 429 g/mol. The van der Waals surface area contributed by atoms with Crippen LogP contribution < -0.4 is 0 Å². The predicted molar refractivity (Wildman–Crippen MR) is 123 cm³/mol. The molecule has 1 aromatic carbocycles. The number of hydrogen-bond donors (Lipinski definition) is 0. The molecule has 1 saturated heterocycles. The van der Waals surface area contributed by atoms with Gasteiger partial charge in [-0.3, -0.25) is 4.79 Å². The van der Waals surface area contributed by atoms with Gasteiger partial charge in [-0.15, -0.1) is 0 Å². The van der Waals surface area contributed by atoms with Crippen LogP contribution in [0, 0.1) is 17.7 Å². The van der Waals surface area contributed by atoms with E-state index in [0.29, 0.717) is 35.8 Å². The standard InChI is InChI=1S/C26H31F3N2O2/c1-18(2)19(3)30-13-22(14-30)26(32)31(23-8-6-4-5-7-9-23)15-21-11-10-20(12-24(21)27)16-33-17-25(28)29/h4,6-12,18,22,25H,3,5,13-17H2,1-2H3. The Balaban J connectivity index is 1.74. The summed E-state index contributed by atoms with van der Waals surface area (Å²) < 4.78 is 44.2. The summed E-state index contributed by atoms with van der Waals surface area (Å²) in [4.78, 5) is 17.2. The Hall–Kier alpha value is -2.80. The van der Waals surface area contributed by atoms with Crippen LogP contribution in [0.15, 0.2) is 66.6 Å². The fourth-order valence-corrected chi connectivity index (χ4v) is 3.74. The number of nitrogens with zero attached hydrogens (tertiary/aromatic N) is 2. The Bertz CT molecular complexity index is 947. The van der Waals surface area contributed by atoms with Crippen LogP contribution in [0.25, 0.3) is 0 Å². The lowest BCUT2D eigenvalue weighted by atomic mass is 9.94. The van der Waals surface area contributed by atoms with Crippen LogP contribution in [0.2, 0.25) is 0 Å². The van der Waals surface area contributed by atoms with E-state index >= 15 is 0 Å². The second-order valence-corrected chi connectivity index (χ2v) is 8.66. The van der Waals surface area contributed by atoms with Crippen LogP contribution in [0.5, 0.6) is 0 Å². The number of rotatable bonds is 10. The van der Waals surface area contributed by atoms with Crippen molar-refractivity contribution < 1.29 is 22.7 Å². The quantitative estimate of drug-likeness (QED) is 0.466. The van der Waals surface area contributed by atoms with Crippen LogP contribution in [0.4, 0.5) is 13.2 Å². The summed E-state index contributed by atoms with van der Waals surface area (Å²) in [5, 5.41) is 0. The second kappa shape index (κ2) is 11.4. The number of likely N-dealkylation sites (tertiary alicyclic amines) is 1. The van der Waals surface area contributed by atoms with E-state index in [1.807, 2.05) is 30.4 Å². The maximum absolute atomic E-state index is 14.8. The Morgan fingerprint density at radius 2 is 2.03 bits per heavy atom. The summed E-state index contributed by atoms with van der Waals surface area (Å²) in [7, 11) is 0. The maximum atomic E-state index is 14.8. The lowest BCUT2D eigenvalue weighted by Gasteiger charge is -2.44. The Morgan fingerprint density at radius 3 is 2.70 bits per heavy atom. The molecule has 0 spiro atoms. The number of carbonyl (C=O) groups excluding carboxylic acids is 1. The van der Waals surface area contributed by atoms with Gasteiger partial charge in [0.1, 0.15) is 12.4 Å². The van der Waals surface area contributed by atoms with Crippen LogP contribution >= 0.6 is 0 Å². The van der Waals surface area contributed by atoms with E-state index in [4.69, 9.17) is 4.74 Å². The molecule has 0 bridgehead atoms. The molecule has 3 rings (SSSR count). The van der Waals surface area contributed by atoms with Gasteiger partial charge in [-0.2, -0.15) is 0 Å². The van der Waals surface area contributed by atoms with E-state index in [9.17, 15) is 18.0 Å². The van der Waals surface area contributed by atoms with Crippen LogP contribution in [-0.2, 0) is 22.7 Å². The molecule has 7 heteroatoms. The Labute approximate surface area is 193 Å². The molecule has 33 heavy (non-hydrogen) atoms. The smallest absolute Gasteiger partial charge is 0.261 e. The van der Waals surface area contributed by atoms with Gasteiger partial charge in [0.05, 0.1) is 19.1 Å². The molecule has 0 aromatic heterocycles. The van der Waals surface area contributed by atoms with Gasteiger partial charge in [0, 0.05) is 30.0 Å². The molecule has 0 unspecified atom stereocenters. The van der Waals surface area contributed by atoms with Crippen molar-refractivity contribution in [2.45, 2.75) is 39.8 Å². The summed E-state index contributed by atoms with van der Waals surface area (Å²) in [6, 6.07) is 4.50. The minimum absolute atomic E-state index is 0.0576. The SMILES string of the molecule is C=C(C(C)C)N1CC(C(=O)N(Cc2ccc(COCC(F)F)cc2F)C2=CC=CCC=C2)C1. The highest BCUT2D eigenvalue weighted by atomic mass is 19.3. The van der Waals surface area contributed by atoms with Crippen molar-refractivity contribution in [2.24, 2.45) is 11.8 Å². The largest absolute Gasteiger partial charge is 0.373 e. The zero-order valence-electron chi connectivity index (χ0n) is 19.1. The summed E-state index contributed by atoms with van der Waals surface area (Å²) in [6.07, 6.45) is 7.77. The van der Waals surface area contributed by atoms with E-state index in [-0.39, 0.29) is 25.0 Å². The lowest BCUT2D eigenvalue weighted by molar-refractivity contribution is -0.138. The van der Waals surface area contributed by atoms with Gasteiger partial charge >= 0.3 is 0 Å². The second-order valence-electron chi connectivity index (χ2n) is 8.66. The third kappa shape index (κ3) is 6.60. The first kappa shape index (κ1) is 24.8. The molecule has 0 atom stereocenters. The number of ether oxygens (including phenoxy) is 1. The molecule has 1 aromatic rings. The molecule has 0 N–H and O–H groups in total. The number of amides is 1. The average molecular weight is 461 g/mol. The fourth-order valence-electron chi connectivity index (χ4n) is 3.74. The summed E-state index contributed by atoms with van der Waals surface area (Å²) in [5.41, 5.74) is 2.54. The lowest BCUT2D eigenvalue weighted by Crippen LogP contribution is -2.53. The van der Waals surface area contributed by atoms with Crippen molar-refractivity contribution in [1.82, 2.24) is 9.80 Å². The minimum atomic E-state index is -2.57. The topological polar surface area (TPSA) is 32.8 Å². The van der Waals surface area contributed by atoms with Gasteiger partial charge in [-0.05, 0) is 36.1 Å². The van der Waals surface area contributed by atoms with Gasteiger partial charge in [0.2, 0.25) is 5.91 Å². The summed E-state index contributed by atoms with van der Waals surface area (Å²) in [5.74, 6) is -0.431. The van der Waals surface area contributed by atoms with E-state index in [1.165, 1.54) is 6.07 Å². The highest BCUT2D eigenvalue weighted by Gasteiger charge is 2.37. The fraction of sp³-hybridized carbons (Fsp3) is 0.423. The van der Waals surface area contributed by atoms with E-state index in [1.54, 1.807) is 17.0 Å². The first-order chi connectivity index (χ1) is 15.8. The zero-order valence-corrected chi connectivity index (χ0v) is 19.1. The van der Waals surface area contributed by atoms with E-state index in [2.05, 4.69) is 25.3 Å². The molecule has 178 valence electrons. The Morgan fingerprint density at radius 1 is 1.27 bits per heavy atom. The summed E-state index contributed by atoms with van der Waals surface area (Å²) in [6.45, 7) is 8.73. The van der Waals surface area contributed by atoms with Crippen molar-refractivity contribution in [3.8, 4) is 0 Å². The average Bonchev–Trinajstić information content (AvgIpc) is 3.01. The minimum Gasteiger partial charge on any atom is -0.373 e. The molecule has 4 nitrogen and oxygen atoms in total. The van der Waals surface area contributed by atoms with Crippen molar-refractivity contribution in [2.75, 3.05) is 19.7 Å². The van der Waals surface area contributed by atoms with Gasteiger partial charge in [0.15, 0.2) is 0 Å². The maximum Gasteiger partial charge on any atom is 0.261 e. The number of carbonyl (C=O) groups is 1. The zero-order chi connectivity index (χ0) is 24.0. The van der Waals surface area contributed by atoms with Crippen LogP contribution in [0.1, 0.15) is 31.4 Å². The van der Waals surface area contributed by atoms with E-state index < -0.39 is 18.8 Å². The first-order valence-electron chi connectivity index (χ1n) is 11.2. The molecular formula is C26H31F3N2O2. The number of alkyl halides is 2. The van der Waals surface area contributed by atoms with Crippen molar-refractivity contribution in [1.29, 1.82) is 0 Å². The number of hydrogen-bond acceptors (Lipinski definition) is 3. The molecule has 2 aliphatic rings. The van der Waals surface area contributed by atoms with Crippen molar-refractivity contribution >= 4 is 5.91 Å². The van der Waals surface area contributed by atoms with Crippen molar-refractivity contribution in [3.63, 3.8) is 0 Å². The molecule has 1 heterocycles. The van der Waals surface area contributed by atoms with Crippen molar-refractivity contribution in [3.05, 3.63) is 83.5 Å². The molecule has 1 aliphatic heterocycles. The molecule has 0 radical (unpaired) electrons. The third-order valence-corrected chi connectivity index (χ3v) is 5.80. The Kier molecular flexibility index (Phi) is 8.55. The molecule has 1 amide bonds. The van der Waals surface area contributed by atoms with Gasteiger partial charge in [-0.1, -0.05) is 50.8 Å².